The summed E-state index contributed by atoms with van der Waals surface area (Å²) in [5.74, 6) is 0.318. The summed E-state index contributed by atoms with van der Waals surface area (Å²) >= 11 is 0. The lowest BCUT2D eigenvalue weighted by atomic mass is 9.38. The van der Waals surface area contributed by atoms with E-state index in [1.807, 2.05) is 26.0 Å². The van der Waals surface area contributed by atoms with E-state index in [0.29, 0.717) is 5.92 Å². The highest BCUT2D eigenvalue weighted by atomic mass is 16.5. The van der Waals surface area contributed by atoms with Gasteiger partial charge in [0.1, 0.15) is 11.7 Å². The first kappa shape index (κ1) is 31.2. The van der Waals surface area contributed by atoms with Crippen LogP contribution in [-0.4, -0.2) is 23.3 Å². The van der Waals surface area contributed by atoms with Crippen LogP contribution in [0.1, 0.15) is 128 Å². The third kappa shape index (κ3) is 4.07. The molecule has 0 aromatic heterocycles. The highest BCUT2D eigenvalue weighted by Crippen LogP contribution is 2.72. The molecule has 0 bridgehead atoms. The van der Waals surface area contributed by atoms with Crippen molar-refractivity contribution in [1.82, 2.24) is 0 Å². The maximum Gasteiger partial charge on any atom is 0.187 e. The van der Waals surface area contributed by atoms with Crippen LogP contribution in [0.5, 0.6) is 0 Å². The Bertz CT molecular complexity index is 1200. The fourth-order valence-corrected chi connectivity index (χ4v) is 9.63. The van der Waals surface area contributed by atoms with Gasteiger partial charge < -0.3 is 4.74 Å². The van der Waals surface area contributed by atoms with Gasteiger partial charge in [-0.3, -0.25) is 9.59 Å². The Balaban J connectivity index is 1.87. The average molecular weight is 550 g/mol. The predicted octanol–water partition coefficient (Wildman–Crippen LogP) is 8.80. The maximum absolute atomic E-state index is 14.5. The third-order valence-electron chi connectivity index (χ3n) is 13.3. The lowest BCUT2D eigenvalue weighted by molar-refractivity contribution is -0.210. The van der Waals surface area contributed by atoms with Gasteiger partial charge in [-0.15, -0.1) is 0 Å². The van der Waals surface area contributed by atoms with Gasteiger partial charge in [-0.25, -0.2) is 0 Å². The minimum atomic E-state index is -0.941. The van der Waals surface area contributed by atoms with Gasteiger partial charge in [0.2, 0.25) is 0 Å². The number of fused-ring (bicyclic) bond motifs is 5. The average Bonchev–Trinajstić information content (AvgIpc) is 2.97. The van der Waals surface area contributed by atoms with Gasteiger partial charge >= 0.3 is 0 Å². The Hall–Kier alpha value is -1.73. The molecule has 0 aromatic rings. The topological polar surface area (TPSA) is 67.2 Å². The minimum absolute atomic E-state index is 0.0160. The van der Waals surface area contributed by atoms with Gasteiger partial charge in [0, 0.05) is 16.2 Å². The normalized spacial score (nSPS) is 43.1. The highest BCUT2D eigenvalue weighted by molar-refractivity contribution is 6.05. The molecule has 4 heteroatoms. The fourth-order valence-electron chi connectivity index (χ4n) is 9.63. The van der Waals surface area contributed by atoms with E-state index in [9.17, 15) is 14.9 Å². The number of hydrogen-bond donors (Lipinski definition) is 0. The molecule has 0 N–H and O–H groups in total. The first-order chi connectivity index (χ1) is 18.2. The van der Waals surface area contributed by atoms with Gasteiger partial charge in [0.15, 0.2) is 11.6 Å². The van der Waals surface area contributed by atoms with E-state index in [1.54, 1.807) is 0 Å². The van der Waals surface area contributed by atoms with Crippen molar-refractivity contribution < 1.29 is 14.3 Å². The Morgan fingerprint density at radius 2 is 1.68 bits per heavy atom. The van der Waals surface area contributed by atoms with Crippen molar-refractivity contribution >= 4 is 11.6 Å². The number of ketones is 2. The maximum atomic E-state index is 14.5. The lowest BCUT2D eigenvalue weighted by Gasteiger charge is -2.66. The van der Waals surface area contributed by atoms with Crippen LogP contribution in [0.25, 0.3) is 0 Å². The van der Waals surface area contributed by atoms with Crippen molar-refractivity contribution in [3.8, 4) is 6.07 Å². The van der Waals surface area contributed by atoms with E-state index >= 15 is 0 Å². The standard InChI is InChI=1S/C36H55NO3/c1-13-30(4,5)16-17-32(8)18-19-35(11)34(10)15-14-25-31(6,7)28(39)24(22-37)21-33(25,9)26(34)20-27(38)36(35,12)40-29(32)23(2)3/h20-21,23,25,29H,13-19H2,1-12H3/t25-,29?,32-,33-,34+,35-,36+/m0/s1. The molecule has 4 nitrogen and oxygen atoms in total. The summed E-state index contributed by atoms with van der Waals surface area (Å²) in [6.07, 6.45) is 10.9. The zero-order chi connectivity index (χ0) is 30.3. The Morgan fingerprint density at radius 3 is 2.23 bits per heavy atom. The summed E-state index contributed by atoms with van der Waals surface area (Å²) in [5, 5.41) is 9.95. The van der Waals surface area contributed by atoms with Gasteiger partial charge in [0.05, 0.1) is 11.7 Å². The first-order valence-corrected chi connectivity index (χ1v) is 15.8. The molecule has 3 aliphatic carbocycles. The second kappa shape index (κ2) is 9.39. The monoisotopic (exact) mass is 549 g/mol. The largest absolute Gasteiger partial charge is 0.362 e. The van der Waals surface area contributed by atoms with Gasteiger partial charge in [-0.2, -0.15) is 5.26 Å². The quantitative estimate of drug-likeness (QED) is 0.344. The highest BCUT2D eigenvalue weighted by Gasteiger charge is 2.71. The fraction of sp³-hybridized carbons (Fsp3) is 0.806. The molecule has 4 rings (SSSR count). The van der Waals surface area contributed by atoms with Crippen molar-refractivity contribution in [2.75, 3.05) is 0 Å². The number of ether oxygens (including phenoxy) is 1. The summed E-state index contributed by atoms with van der Waals surface area (Å²) in [6, 6.07) is 2.20. The Labute approximate surface area is 244 Å². The SMILES string of the molecule is CCC(C)(C)CC[C@@]1(C)CC[C@@]2(C)[C@]3(C)CC[C@H]4C(C)(C)C(=O)C(C#N)=C[C@]4(C)C3=CC(=O)[C@@]2(C)OC1C(C)C. The van der Waals surface area contributed by atoms with E-state index < -0.39 is 21.8 Å². The molecule has 0 spiro atoms. The Morgan fingerprint density at radius 1 is 1.05 bits per heavy atom. The summed E-state index contributed by atoms with van der Waals surface area (Å²) in [7, 11) is 0. The molecule has 1 heterocycles. The third-order valence-corrected chi connectivity index (χ3v) is 13.3. The Kier molecular flexibility index (Phi) is 7.32. The van der Waals surface area contributed by atoms with E-state index in [1.165, 1.54) is 0 Å². The van der Waals surface area contributed by atoms with E-state index in [4.69, 9.17) is 4.74 Å². The van der Waals surface area contributed by atoms with Crippen molar-refractivity contribution in [2.24, 2.45) is 44.3 Å². The number of nitriles is 1. The molecule has 0 radical (unpaired) electrons. The van der Waals surface area contributed by atoms with Crippen molar-refractivity contribution in [1.29, 1.82) is 5.26 Å². The molecule has 4 aliphatic rings. The van der Waals surface area contributed by atoms with Crippen molar-refractivity contribution in [3.05, 3.63) is 23.3 Å². The van der Waals surface area contributed by atoms with Crippen LogP contribution in [0.4, 0.5) is 0 Å². The van der Waals surface area contributed by atoms with Crippen LogP contribution in [0.2, 0.25) is 0 Å². The van der Waals surface area contributed by atoms with Crippen LogP contribution in [-0.2, 0) is 14.3 Å². The first-order valence-electron chi connectivity index (χ1n) is 15.8. The van der Waals surface area contributed by atoms with Gasteiger partial charge in [-0.05, 0) is 85.2 Å². The number of Topliss-reactive ketones (excluding diaryl/α,β-unsaturated/α-hetero) is 1. The van der Waals surface area contributed by atoms with Gasteiger partial charge in [0.25, 0.3) is 0 Å². The summed E-state index contributed by atoms with van der Waals surface area (Å²) in [5.41, 5.74) is -1.27. The molecule has 1 saturated carbocycles. The number of rotatable bonds is 5. The molecule has 222 valence electrons. The zero-order valence-electron chi connectivity index (χ0n) is 27.5. The number of nitrogens with zero attached hydrogens (tertiary/aromatic N) is 1. The van der Waals surface area contributed by atoms with Crippen LogP contribution in [0.15, 0.2) is 23.3 Å². The predicted molar refractivity (Wildman–Crippen MR) is 161 cm³/mol. The molecule has 1 saturated heterocycles. The molecule has 0 amide bonds. The minimum Gasteiger partial charge on any atom is -0.362 e. The van der Waals surface area contributed by atoms with E-state index in [0.717, 1.165) is 50.5 Å². The summed E-state index contributed by atoms with van der Waals surface area (Å²) in [4.78, 5) is 27.8. The van der Waals surface area contributed by atoms with Crippen molar-refractivity contribution in [3.63, 3.8) is 0 Å². The molecule has 1 unspecified atom stereocenters. The summed E-state index contributed by atoms with van der Waals surface area (Å²) in [6.45, 7) is 26.8. The smallest absolute Gasteiger partial charge is 0.187 e. The van der Waals surface area contributed by atoms with E-state index in [2.05, 4.69) is 75.3 Å². The molecule has 7 atom stereocenters. The van der Waals surface area contributed by atoms with Crippen molar-refractivity contribution in [2.45, 2.75) is 140 Å². The molecule has 0 aromatic carbocycles. The molecular formula is C36H55NO3. The van der Waals surface area contributed by atoms with Crippen LogP contribution < -0.4 is 0 Å². The zero-order valence-corrected chi connectivity index (χ0v) is 27.5. The van der Waals surface area contributed by atoms with E-state index in [-0.39, 0.29) is 45.4 Å². The molecular weight excluding hydrogens is 494 g/mol. The molecule has 2 fully saturated rings. The summed E-state index contributed by atoms with van der Waals surface area (Å²) < 4.78 is 7.26. The number of hydrogen-bond acceptors (Lipinski definition) is 4. The number of carbonyl (C=O) groups excluding carboxylic acids is 2. The lowest BCUT2D eigenvalue weighted by Crippen LogP contribution is -2.66. The van der Waals surface area contributed by atoms with Crippen LogP contribution in [0.3, 0.4) is 0 Å². The second-order valence-electron chi connectivity index (χ2n) is 16.7. The number of carbonyl (C=O) groups is 2. The van der Waals surface area contributed by atoms with Gasteiger partial charge in [-0.1, -0.05) is 88.7 Å². The second-order valence-corrected chi connectivity index (χ2v) is 16.7. The molecule has 1 aliphatic heterocycles. The van der Waals surface area contributed by atoms with Crippen LogP contribution >= 0.6 is 0 Å². The molecule has 40 heavy (non-hydrogen) atoms. The number of allylic oxidation sites excluding steroid dienone is 3. The van der Waals surface area contributed by atoms with Crippen LogP contribution in [0, 0.1) is 55.7 Å².